The van der Waals surface area contributed by atoms with Gasteiger partial charge in [-0.2, -0.15) is 4.98 Å². The predicted molar refractivity (Wildman–Crippen MR) is 54.4 cm³/mol. The lowest BCUT2D eigenvalue weighted by molar-refractivity contribution is -0.121. The quantitative estimate of drug-likeness (QED) is 0.758. The lowest BCUT2D eigenvalue weighted by Gasteiger charge is -1.99. The van der Waals surface area contributed by atoms with E-state index < -0.39 is 0 Å². The van der Waals surface area contributed by atoms with Crippen LogP contribution < -0.4 is 0 Å². The number of carbonyl (C=O) groups is 1. The van der Waals surface area contributed by atoms with E-state index in [1.54, 1.807) is 0 Å². The summed E-state index contributed by atoms with van der Waals surface area (Å²) in [5.74, 6) is 1.38. The molecule has 1 aliphatic carbocycles. The number of ketones is 1. The molecule has 0 amide bonds. The van der Waals surface area contributed by atoms with Crippen molar-refractivity contribution in [2.45, 2.75) is 45.4 Å². The minimum atomic E-state index is 0.0249. The standard InChI is InChI=1S/C11H16N2O2/c1-7(2)8(14)6-9-12-10(13-15-9)11(3)4-5-11/h7H,4-6H2,1-3H3. The highest BCUT2D eigenvalue weighted by atomic mass is 16.5. The second-order valence-corrected chi connectivity index (χ2v) is 4.87. The van der Waals surface area contributed by atoms with Crippen LogP contribution in [0.2, 0.25) is 0 Å². The van der Waals surface area contributed by atoms with E-state index in [0.29, 0.717) is 5.89 Å². The molecule has 0 aromatic carbocycles. The molecule has 1 aromatic heterocycles. The molecule has 1 heterocycles. The van der Waals surface area contributed by atoms with Gasteiger partial charge in [0.05, 0.1) is 6.42 Å². The molecule has 4 heteroatoms. The van der Waals surface area contributed by atoms with Gasteiger partial charge >= 0.3 is 0 Å². The summed E-state index contributed by atoms with van der Waals surface area (Å²) >= 11 is 0. The van der Waals surface area contributed by atoms with E-state index in [4.69, 9.17) is 4.52 Å². The number of rotatable bonds is 4. The molecule has 1 aliphatic rings. The maximum atomic E-state index is 11.5. The number of aromatic nitrogens is 2. The highest BCUT2D eigenvalue weighted by Crippen LogP contribution is 2.45. The molecule has 0 unspecified atom stereocenters. The summed E-state index contributed by atoms with van der Waals surface area (Å²) in [4.78, 5) is 15.7. The van der Waals surface area contributed by atoms with Crippen LogP contribution in [0.4, 0.5) is 0 Å². The molecule has 1 fully saturated rings. The molecule has 15 heavy (non-hydrogen) atoms. The third kappa shape index (κ3) is 2.08. The summed E-state index contributed by atoms with van der Waals surface area (Å²) in [6.07, 6.45) is 2.49. The van der Waals surface area contributed by atoms with Gasteiger partial charge in [0.15, 0.2) is 5.82 Å². The Kier molecular flexibility index (Phi) is 2.37. The van der Waals surface area contributed by atoms with Crippen LogP contribution in [0.3, 0.4) is 0 Å². The summed E-state index contributed by atoms with van der Waals surface area (Å²) < 4.78 is 5.07. The van der Waals surface area contributed by atoms with Gasteiger partial charge in [-0.05, 0) is 12.8 Å². The van der Waals surface area contributed by atoms with Crippen LogP contribution in [0.25, 0.3) is 0 Å². The molecule has 0 radical (unpaired) electrons. The normalized spacial score (nSPS) is 18.1. The van der Waals surface area contributed by atoms with E-state index in [9.17, 15) is 4.79 Å². The van der Waals surface area contributed by atoms with Crippen molar-refractivity contribution in [2.75, 3.05) is 0 Å². The summed E-state index contributed by atoms with van der Waals surface area (Å²) in [5, 5.41) is 3.92. The van der Waals surface area contributed by atoms with Gasteiger partial charge in [0, 0.05) is 11.3 Å². The molecule has 0 saturated heterocycles. The molecular formula is C11H16N2O2. The smallest absolute Gasteiger partial charge is 0.234 e. The molecule has 1 saturated carbocycles. The largest absolute Gasteiger partial charge is 0.339 e. The average Bonchev–Trinajstić information content (AvgIpc) is 2.76. The lowest BCUT2D eigenvalue weighted by Crippen LogP contribution is -2.10. The van der Waals surface area contributed by atoms with Gasteiger partial charge in [-0.25, -0.2) is 0 Å². The van der Waals surface area contributed by atoms with E-state index in [0.717, 1.165) is 18.7 Å². The van der Waals surface area contributed by atoms with Crippen molar-refractivity contribution in [3.05, 3.63) is 11.7 Å². The second kappa shape index (κ2) is 3.43. The Labute approximate surface area is 89.1 Å². The second-order valence-electron chi connectivity index (χ2n) is 4.87. The van der Waals surface area contributed by atoms with Gasteiger partial charge in [0.2, 0.25) is 5.89 Å². The molecule has 1 aromatic rings. The van der Waals surface area contributed by atoms with Gasteiger partial charge in [-0.3, -0.25) is 4.79 Å². The van der Waals surface area contributed by atoms with Crippen molar-refractivity contribution in [1.29, 1.82) is 0 Å². The number of Topliss-reactive ketones (excluding diaryl/α,β-unsaturated/α-hetero) is 1. The Bertz CT molecular complexity index is 378. The Morgan fingerprint density at radius 1 is 1.53 bits per heavy atom. The van der Waals surface area contributed by atoms with E-state index in [1.807, 2.05) is 13.8 Å². The fourth-order valence-electron chi connectivity index (χ4n) is 1.34. The third-order valence-corrected chi connectivity index (χ3v) is 2.98. The number of carbonyl (C=O) groups excluding carboxylic acids is 1. The molecular weight excluding hydrogens is 192 g/mol. The molecule has 0 aliphatic heterocycles. The highest BCUT2D eigenvalue weighted by molar-refractivity contribution is 5.81. The zero-order valence-electron chi connectivity index (χ0n) is 9.41. The fraction of sp³-hybridized carbons (Fsp3) is 0.727. The van der Waals surface area contributed by atoms with E-state index in [-0.39, 0.29) is 23.5 Å². The first kappa shape index (κ1) is 10.3. The molecule has 82 valence electrons. The average molecular weight is 208 g/mol. The van der Waals surface area contributed by atoms with Gasteiger partial charge in [-0.15, -0.1) is 0 Å². The Hall–Kier alpha value is -1.19. The van der Waals surface area contributed by atoms with Crippen LogP contribution in [-0.2, 0) is 16.6 Å². The van der Waals surface area contributed by atoms with Crippen molar-refractivity contribution in [1.82, 2.24) is 10.1 Å². The Morgan fingerprint density at radius 2 is 2.20 bits per heavy atom. The molecule has 0 bridgehead atoms. The minimum Gasteiger partial charge on any atom is -0.339 e. The maximum absolute atomic E-state index is 11.5. The third-order valence-electron chi connectivity index (χ3n) is 2.98. The van der Waals surface area contributed by atoms with Crippen molar-refractivity contribution in [3.8, 4) is 0 Å². The SMILES string of the molecule is CC(C)C(=O)Cc1nc(C2(C)CC2)no1. The predicted octanol–water partition coefficient (Wildman–Crippen LogP) is 1.89. The van der Waals surface area contributed by atoms with Crippen LogP contribution >= 0.6 is 0 Å². The monoisotopic (exact) mass is 208 g/mol. The molecule has 0 atom stereocenters. The van der Waals surface area contributed by atoms with E-state index in [1.165, 1.54) is 0 Å². The molecule has 0 spiro atoms. The van der Waals surface area contributed by atoms with Crippen LogP contribution in [0.5, 0.6) is 0 Å². The first-order valence-corrected chi connectivity index (χ1v) is 5.37. The van der Waals surface area contributed by atoms with Crippen molar-refractivity contribution < 1.29 is 9.32 Å². The minimum absolute atomic E-state index is 0.0249. The highest BCUT2D eigenvalue weighted by Gasteiger charge is 2.43. The topological polar surface area (TPSA) is 56.0 Å². The van der Waals surface area contributed by atoms with Gasteiger partial charge in [0.1, 0.15) is 5.78 Å². The fourth-order valence-corrected chi connectivity index (χ4v) is 1.34. The first-order valence-electron chi connectivity index (χ1n) is 5.37. The van der Waals surface area contributed by atoms with E-state index in [2.05, 4.69) is 17.1 Å². The molecule has 4 nitrogen and oxygen atoms in total. The first-order chi connectivity index (χ1) is 7.01. The summed E-state index contributed by atoms with van der Waals surface area (Å²) in [6, 6.07) is 0. The van der Waals surface area contributed by atoms with Crippen LogP contribution in [-0.4, -0.2) is 15.9 Å². The lowest BCUT2D eigenvalue weighted by atomic mass is 10.1. The summed E-state index contributed by atoms with van der Waals surface area (Å²) in [6.45, 7) is 5.87. The van der Waals surface area contributed by atoms with Crippen molar-refractivity contribution in [2.24, 2.45) is 5.92 Å². The molecule has 0 N–H and O–H groups in total. The van der Waals surface area contributed by atoms with Crippen molar-refractivity contribution in [3.63, 3.8) is 0 Å². The maximum Gasteiger partial charge on any atom is 0.234 e. The zero-order chi connectivity index (χ0) is 11.1. The van der Waals surface area contributed by atoms with Crippen LogP contribution in [0.15, 0.2) is 4.52 Å². The molecule has 2 rings (SSSR count). The number of hydrogen-bond donors (Lipinski definition) is 0. The summed E-state index contributed by atoms with van der Waals surface area (Å²) in [7, 11) is 0. The van der Waals surface area contributed by atoms with Gasteiger partial charge in [-0.1, -0.05) is 25.9 Å². The Morgan fingerprint density at radius 3 is 2.73 bits per heavy atom. The summed E-state index contributed by atoms with van der Waals surface area (Å²) in [5.41, 5.74) is 0.114. The number of nitrogens with zero attached hydrogens (tertiary/aromatic N) is 2. The van der Waals surface area contributed by atoms with Crippen LogP contribution in [0, 0.1) is 5.92 Å². The van der Waals surface area contributed by atoms with Gasteiger partial charge < -0.3 is 4.52 Å². The van der Waals surface area contributed by atoms with Gasteiger partial charge in [0.25, 0.3) is 0 Å². The number of hydrogen-bond acceptors (Lipinski definition) is 4. The Balaban J connectivity index is 2.04. The van der Waals surface area contributed by atoms with E-state index >= 15 is 0 Å². The van der Waals surface area contributed by atoms with Crippen molar-refractivity contribution >= 4 is 5.78 Å². The zero-order valence-corrected chi connectivity index (χ0v) is 9.41. The van der Waals surface area contributed by atoms with Crippen LogP contribution in [0.1, 0.15) is 45.3 Å².